The topological polar surface area (TPSA) is 66.5 Å². The number of nitrogens with one attached hydrogen (secondary N) is 1. The van der Waals surface area contributed by atoms with Gasteiger partial charge in [-0.15, -0.1) is 0 Å². The van der Waals surface area contributed by atoms with Crippen LogP contribution in [0.15, 0.2) is 16.8 Å². The van der Waals surface area contributed by atoms with Crippen LogP contribution in [-0.4, -0.2) is 29.3 Å². The van der Waals surface area contributed by atoms with Crippen molar-refractivity contribution in [2.24, 2.45) is 5.41 Å². The van der Waals surface area contributed by atoms with Gasteiger partial charge in [-0.2, -0.15) is 11.3 Å². The van der Waals surface area contributed by atoms with Gasteiger partial charge in [0, 0.05) is 6.54 Å². The summed E-state index contributed by atoms with van der Waals surface area (Å²) >= 11 is 1.58. The number of thiophene rings is 1. The fourth-order valence-electron chi connectivity index (χ4n) is 2.48. The average molecular weight is 294 g/mol. The summed E-state index contributed by atoms with van der Waals surface area (Å²) in [4.78, 5) is 37.6. The number of urea groups is 1. The number of hydrogen-bond donors (Lipinski definition) is 1. The molecule has 5 nitrogen and oxygen atoms in total. The summed E-state index contributed by atoms with van der Waals surface area (Å²) in [6.45, 7) is 3.90. The highest BCUT2D eigenvalue weighted by molar-refractivity contribution is 7.07. The van der Waals surface area contributed by atoms with Gasteiger partial charge in [0.05, 0.1) is 0 Å². The minimum atomic E-state index is -1.09. The van der Waals surface area contributed by atoms with Crippen molar-refractivity contribution >= 4 is 29.2 Å². The Morgan fingerprint density at radius 1 is 1.25 bits per heavy atom. The zero-order valence-corrected chi connectivity index (χ0v) is 12.5. The van der Waals surface area contributed by atoms with E-state index in [-0.39, 0.29) is 5.91 Å². The van der Waals surface area contributed by atoms with Crippen LogP contribution in [0.4, 0.5) is 4.79 Å². The Bertz CT molecular complexity index is 521. The molecule has 2 rings (SSSR count). The zero-order valence-electron chi connectivity index (χ0n) is 11.6. The Morgan fingerprint density at radius 3 is 2.50 bits per heavy atom. The minimum absolute atomic E-state index is 0.302. The van der Waals surface area contributed by atoms with Crippen LogP contribution in [0.2, 0.25) is 0 Å². The van der Waals surface area contributed by atoms with E-state index in [9.17, 15) is 14.4 Å². The van der Waals surface area contributed by atoms with Crippen molar-refractivity contribution in [3.63, 3.8) is 0 Å². The SMILES string of the molecule is CCC1(CC)C(=O)NC(=O)N(CCc2ccsc2)C1=O. The van der Waals surface area contributed by atoms with Crippen molar-refractivity contribution in [3.8, 4) is 0 Å². The van der Waals surface area contributed by atoms with Gasteiger partial charge < -0.3 is 0 Å². The lowest BCUT2D eigenvalue weighted by Crippen LogP contribution is -2.63. The van der Waals surface area contributed by atoms with E-state index in [1.54, 1.807) is 25.2 Å². The molecule has 1 N–H and O–H groups in total. The Hall–Kier alpha value is -1.69. The first-order valence-corrected chi connectivity index (χ1v) is 7.68. The predicted molar refractivity (Wildman–Crippen MR) is 76.3 cm³/mol. The van der Waals surface area contributed by atoms with E-state index in [2.05, 4.69) is 5.32 Å². The third-order valence-electron chi connectivity index (χ3n) is 3.97. The van der Waals surface area contributed by atoms with Crippen molar-refractivity contribution < 1.29 is 14.4 Å². The van der Waals surface area contributed by atoms with Gasteiger partial charge in [-0.25, -0.2) is 4.79 Å². The molecule has 2 heterocycles. The summed E-state index contributed by atoms with van der Waals surface area (Å²) in [5, 5.41) is 6.26. The highest BCUT2D eigenvalue weighted by Crippen LogP contribution is 2.32. The lowest BCUT2D eigenvalue weighted by atomic mass is 9.78. The summed E-state index contributed by atoms with van der Waals surface area (Å²) in [5.41, 5.74) is -0.00571. The van der Waals surface area contributed by atoms with Crippen LogP contribution in [-0.2, 0) is 16.0 Å². The number of carbonyl (C=O) groups excluding carboxylic acids is 3. The summed E-state index contributed by atoms with van der Waals surface area (Å²) in [7, 11) is 0. The van der Waals surface area contributed by atoms with Gasteiger partial charge in [0.25, 0.3) is 0 Å². The second-order valence-corrected chi connectivity index (χ2v) is 5.67. The van der Waals surface area contributed by atoms with Gasteiger partial charge in [0.15, 0.2) is 0 Å². The third kappa shape index (κ3) is 2.35. The van der Waals surface area contributed by atoms with Gasteiger partial charge in [-0.1, -0.05) is 13.8 Å². The Morgan fingerprint density at radius 2 is 1.95 bits per heavy atom. The van der Waals surface area contributed by atoms with Gasteiger partial charge in [0.1, 0.15) is 5.41 Å². The van der Waals surface area contributed by atoms with Crippen molar-refractivity contribution in [3.05, 3.63) is 22.4 Å². The molecule has 1 aliphatic heterocycles. The second kappa shape index (κ2) is 5.75. The molecule has 0 spiro atoms. The molecule has 1 aliphatic rings. The van der Waals surface area contributed by atoms with Crippen molar-refractivity contribution in [1.82, 2.24) is 10.2 Å². The third-order valence-corrected chi connectivity index (χ3v) is 4.70. The molecule has 0 unspecified atom stereocenters. The van der Waals surface area contributed by atoms with E-state index < -0.39 is 17.4 Å². The fraction of sp³-hybridized carbons (Fsp3) is 0.500. The number of rotatable bonds is 5. The predicted octanol–water partition coefficient (Wildman–Crippen LogP) is 2.18. The Labute approximate surface area is 122 Å². The summed E-state index contributed by atoms with van der Waals surface area (Å²) in [6.07, 6.45) is 1.41. The van der Waals surface area contributed by atoms with E-state index in [0.717, 1.165) is 5.56 Å². The minimum Gasteiger partial charge on any atom is -0.277 e. The molecule has 0 aliphatic carbocycles. The van der Waals surface area contributed by atoms with Crippen LogP contribution < -0.4 is 5.32 Å². The highest BCUT2D eigenvalue weighted by atomic mass is 32.1. The summed E-state index contributed by atoms with van der Waals surface area (Å²) < 4.78 is 0. The fourth-order valence-corrected chi connectivity index (χ4v) is 3.19. The molecule has 1 fully saturated rings. The van der Waals surface area contributed by atoms with Gasteiger partial charge >= 0.3 is 6.03 Å². The van der Waals surface area contributed by atoms with Gasteiger partial charge in [-0.3, -0.25) is 19.8 Å². The molecular weight excluding hydrogens is 276 g/mol. The zero-order chi connectivity index (χ0) is 14.8. The summed E-state index contributed by atoms with van der Waals surface area (Å²) in [5.74, 6) is -0.837. The lowest BCUT2D eigenvalue weighted by Gasteiger charge is -2.38. The number of hydrogen-bond acceptors (Lipinski definition) is 4. The average Bonchev–Trinajstić information content (AvgIpc) is 2.93. The van der Waals surface area contributed by atoms with E-state index in [1.165, 1.54) is 4.90 Å². The lowest BCUT2D eigenvalue weighted by molar-refractivity contribution is -0.152. The monoisotopic (exact) mass is 294 g/mol. The smallest absolute Gasteiger partial charge is 0.277 e. The van der Waals surface area contributed by atoms with E-state index in [1.807, 2.05) is 16.8 Å². The maximum Gasteiger partial charge on any atom is 0.330 e. The molecule has 0 atom stereocenters. The first-order chi connectivity index (χ1) is 9.55. The van der Waals surface area contributed by atoms with Gasteiger partial charge in [-0.05, 0) is 41.7 Å². The van der Waals surface area contributed by atoms with E-state index in [0.29, 0.717) is 25.8 Å². The van der Waals surface area contributed by atoms with Crippen LogP contribution in [0.5, 0.6) is 0 Å². The van der Waals surface area contributed by atoms with Crippen LogP contribution in [0, 0.1) is 5.41 Å². The normalized spacial score (nSPS) is 18.3. The molecule has 0 radical (unpaired) electrons. The molecule has 1 aromatic heterocycles. The van der Waals surface area contributed by atoms with Crippen molar-refractivity contribution in [1.29, 1.82) is 0 Å². The quantitative estimate of drug-likeness (QED) is 0.846. The first kappa shape index (κ1) is 14.7. The number of carbonyl (C=O) groups is 3. The molecule has 0 bridgehead atoms. The number of nitrogens with zero attached hydrogens (tertiary/aromatic N) is 1. The molecule has 108 valence electrons. The highest BCUT2D eigenvalue weighted by Gasteiger charge is 2.51. The van der Waals surface area contributed by atoms with Crippen LogP contribution >= 0.6 is 11.3 Å². The molecule has 20 heavy (non-hydrogen) atoms. The standard InChI is InChI=1S/C14H18N2O3S/c1-3-14(4-2)11(17)15-13(19)16(12(14)18)7-5-10-6-8-20-9-10/h6,8-9H,3-5,7H2,1-2H3,(H,15,17,19). The number of imide groups is 2. The number of amides is 4. The van der Waals surface area contributed by atoms with Crippen LogP contribution in [0.25, 0.3) is 0 Å². The van der Waals surface area contributed by atoms with Crippen molar-refractivity contribution in [2.45, 2.75) is 33.1 Å². The molecule has 4 amide bonds. The largest absolute Gasteiger partial charge is 0.330 e. The maximum atomic E-state index is 12.5. The molecule has 6 heteroatoms. The van der Waals surface area contributed by atoms with Crippen LogP contribution in [0.1, 0.15) is 32.3 Å². The Kier molecular flexibility index (Phi) is 4.23. The molecule has 1 aromatic rings. The van der Waals surface area contributed by atoms with E-state index >= 15 is 0 Å². The molecular formula is C14H18N2O3S. The molecule has 1 saturated heterocycles. The number of barbiturate groups is 1. The van der Waals surface area contributed by atoms with Gasteiger partial charge in [0.2, 0.25) is 11.8 Å². The molecule has 0 aromatic carbocycles. The summed E-state index contributed by atoms with van der Waals surface area (Å²) in [6, 6.07) is 1.36. The Balaban J connectivity index is 2.17. The van der Waals surface area contributed by atoms with Crippen molar-refractivity contribution in [2.75, 3.05) is 6.54 Å². The van der Waals surface area contributed by atoms with Crippen LogP contribution in [0.3, 0.4) is 0 Å². The second-order valence-electron chi connectivity index (χ2n) is 4.89. The molecule has 0 saturated carbocycles. The van der Waals surface area contributed by atoms with E-state index in [4.69, 9.17) is 0 Å². The first-order valence-electron chi connectivity index (χ1n) is 6.73. The maximum absolute atomic E-state index is 12.5.